The Labute approximate surface area is 384 Å². The molecule has 0 aliphatic carbocycles. The van der Waals surface area contributed by atoms with Crippen LogP contribution in [-0.2, 0) is 23.8 Å². The minimum Gasteiger partial charge on any atom is -0.454 e. The fourth-order valence-corrected chi connectivity index (χ4v) is 8.12. The first kappa shape index (κ1) is 59.2. The van der Waals surface area contributed by atoms with E-state index in [1.54, 1.807) is 6.08 Å². The molecule has 11 nitrogen and oxygen atoms in total. The van der Waals surface area contributed by atoms with Crippen molar-refractivity contribution in [1.82, 2.24) is 5.32 Å². The van der Waals surface area contributed by atoms with Crippen LogP contribution in [0.15, 0.2) is 24.3 Å². The number of ether oxygens (including phenoxy) is 3. The molecule has 0 bridgehead atoms. The van der Waals surface area contributed by atoms with Crippen LogP contribution >= 0.6 is 0 Å². The fraction of sp³-hybridized carbons (Fsp3) is 0.885. The third-order valence-electron chi connectivity index (χ3n) is 12.4. The third-order valence-corrected chi connectivity index (χ3v) is 12.4. The van der Waals surface area contributed by atoms with Crippen molar-refractivity contribution < 1.29 is 49.3 Å². The number of unbranched alkanes of at least 4 members (excludes halogenated alkanes) is 27. The van der Waals surface area contributed by atoms with Gasteiger partial charge in [-0.25, -0.2) is 0 Å². The van der Waals surface area contributed by atoms with Crippen LogP contribution in [0.25, 0.3) is 0 Å². The average molecular weight is 896 g/mol. The molecule has 1 amide bonds. The van der Waals surface area contributed by atoms with Crippen LogP contribution in [0.2, 0.25) is 0 Å². The second-order valence-corrected chi connectivity index (χ2v) is 18.3. The highest BCUT2D eigenvalue weighted by atomic mass is 16.7. The van der Waals surface area contributed by atoms with E-state index in [-0.39, 0.29) is 19.4 Å². The Bertz CT molecular complexity index is 1120. The summed E-state index contributed by atoms with van der Waals surface area (Å²) in [5, 5.41) is 56.5. The standard InChI is InChI=1S/C52H97NO10/c1-4-7-10-13-16-19-22-25-27-30-33-36-39-45(56)51(60)53-43(44(55)38-35-32-29-26-23-20-17-14-11-8-5-2)42-61-52-50(49(59)48(58)46(41-54)62-52)63-47(57)40-37-34-31-28-24-21-18-15-12-9-6-3/h25,27,35,38,43-46,48-50,52,54-56,58-59H,4-24,26,28-34,36-37,39-42H2,1-3H3,(H,53,60)/b27-25-,38-35+. The molecule has 1 aliphatic heterocycles. The van der Waals surface area contributed by atoms with Crippen LogP contribution in [-0.4, -0.2) is 99.6 Å². The molecule has 8 unspecified atom stereocenters. The highest BCUT2D eigenvalue weighted by Gasteiger charge is 2.47. The van der Waals surface area contributed by atoms with Gasteiger partial charge in [0, 0.05) is 6.42 Å². The van der Waals surface area contributed by atoms with Gasteiger partial charge < -0.3 is 45.1 Å². The van der Waals surface area contributed by atoms with Crippen molar-refractivity contribution >= 4 is 11.9 Å². The Balaban J connectivity index is 2.80. The summed E-state index contributed by atoms with van der Waals surface area (Å²) in [5.41, 5.74) is 0. The first-order valence-electron chi connectivity index (χ1n) is 26.1. The molecular weight excluding hydrogens is 799 g/mol. The molecule has 1 rings (SSSR count). The van der Waals surface area contributed by atoms with Crippen molar-refractivity contribution in [3.05, 3.63) is 24.3 Å². The molecule has 1 aliphatic rings. The van der Waals surface area contributed by atoms with Gasteiger partial charge in [0.1, 0.15) is 24.4 Å². The Hall–Kier alpha value is -1.86. The Kier molecular flexibility index (Phi) is 39.0. The Morgan fingerprint density at radius 2 is 1.05 bits per heavy atom. The molecule has 0 radical (unpaired) electrons. The van der Waals surface area contributed by atoms with Crippen LogP contribution in [0.4, 0.5) is 0 Å². The summed E-state index contributed by atoms with van der Waals surface area (Å²) in [6.45, 7) is 5.72. The second-order valence-electron chi connectivity index (χ2n) is 18.3. The summed E-state index contributed by atoms with van der Waals surface area (Å²) in [6.07, 6.45) is 33.8. The zero-order valence-corrected chi connectivity index (χ0v) is 40.5. The second kappa shape index (κ2) is 41.6. The number of hydrogen-bond acceptors (Lipinski definition) is 10. The Morgan fingerprint density at radius 1 is 0.603 bits per heavy atom. The number of allylic oxidation sites excluding steroid dienone is 3. The normalized spacial score (nSPS) is 20.7. The number of aliphatic hydroxyl groups is 5. The first-order chi connectivity index (χ1) is 30.7. The van der Waals surface area contributed by atoms with Crippen molar-refractivity contribution in [1.29, 1.82) is 0 Å². The summed E-state index contributed by atoms with van der Waals surface area (Å²) in [5.74, 6) is -1.21. The Morgan fingerprint density at radius 3 is 1.54 bits per heavy atom. The van der Waals surface area contributed by atoms with Gasteiger partial charge in [0.2, 0.25) is 5.91 Å². The lowest BCUT2D eigenvalue weighted by atomic mass is 9.99. The van der Waals surface area contributed by atoms with Crippen molar-refractivity contribution in [3.8, 4) is 0 Å². The van der Waals surface area contributed by atoms with Crippen molar-refractivity contribution in [2.24, 2.45) is 0 Å². The molecule has 0 aromatic carbocycles. The summed E-state index contributed by atoms with van der Waals surface area (Å²) in [6, 6.07) is -1.02. The molecule has 11 heteroatoms. The van der Waals surface area contributed by atoms with Gasteiger partial charge >= 0.3 is 5.97 Å². The van der Waals surface area contributed by atoms with E-state index in [4.69, 9.17) is 14.2 Å². The van der Waals surface area contributed by atoms with Gasteiger partial charge in [0.25, 0.3) is 0 Å². The molecule has 1 heterocycles. The summed E-state index contributed by atoms with van der Waals surface area (Å²) in [7, 11) is 0. The van der Waals surface area contributed by atoms with E-state index in [1.165, 1.54) is 128 Å². The van der Waals surface area contributed by atoms with Gasteiger partial charge in [0.15, 0.2) is 12.4 Å². The number of amides is 1. The van der Waals surface area contributed by atoms with Crippen LogP contribution in [0.5, 0.6) is 0 Å². The molecule has 8 atom stereocenters. The minimum absolute atomic E-state index is 0.126. The molecule has 6 N–H and O–H groups in total. The number of hydrogen-bond donors (Lipinski definition) is 6. The smallest absolute Gasteiger partial charge is 0.306 e. The van der Waals surface area contributed by atoms with Crippen LogP contribution in [0.3, 0.4) is 0 Å². The molecule has 370 valence electrons. The van der Waals surface area contributed by atoms with Crippen molar-refractivity contribution in [2.45, 2.75) is 282 Å². The predicted octanol–water partition coefficient (Wildman–Crippen LogP) is 10.6. The molecule has 0 aromatic heterocycles. The number of rotatable bonds is 43. The van der Waals surface area contributed by atoms with E-state index in [0.717, 1.165) is 57.8 Å². The van der Waals surface area contributed by atoms with Crippen molar-refractivity contribution in [2.75, 3.05) is 13.2 Å². The van der Waals surface area contributed by atoms with E-state index in [9.17, 15) is 35.1 Å². The highest BCUT2D eigenvalue weighted by Crippen LogP contribution is 2.26. The molecular formula is C52H97NO10. The van der Waals surface area contributed by atoms with Crippen molar-refractivity contribution in [3.63, 3.8) is 0 Å². The van der Waals surface area contributed by atoms with Gasteiger partial charge in [-0.1, -0.05) is 199 Å². The maximum absolute atomic E-state index is 13.3. The van der Waals surface area contributed by atoms with Gasteiger partial charge in [-0.05, 0) is 51.4 Å². The molecule has 1 saturated heterocycles. The quantitative estimate of drug-likeness (QED) is 0.0196. The number of aliphatic hydroxyl groups excluding tert-OH is 5. The number of nitrogens with one attached hydrogen (secondary N) is 1. The third kappa shape index (κ3) is 30.9. The van der Waals surface area contributed by atoms with Crippen LogP contribution in [0, 0.1) is 0 Å². The lowest BCUT2D eigenvalue weighted by molar-refractivity contribution is -0.305. The summed E-state index contributed by atoms with van der Waals surface area (Å²) >= 11 is 0. The van der Waals surface area contributed by atoms with Gasteiger partial charge in [-0.15, -0.1) is 0 Å². The molecule has 63 heavy (non-hydrogen) atoms. The summed E-state index contributed by atoms with van der Waals surface area (Å²) in [4.78, 5) is 26.3. The largest absolute Gasteiger partial charge is 0.454 e. The van der Waals surface area contributed by atoms with Crippen LogP contribution in [0.1, 0.15) is 233 Å². The van der Waals surface area contributed by atoms with E-state index >= 15 is 0 Å². The maximum atomic E-state index is 13.3. The highest BCUT2D eigenvalue weighted by molar-refractivity contribution is 5.80. The molecule has 1 fully saturated rings. The maximum Gasteiger partial charge on any atom is 0.306 e. The summed E-state index contributed by atoms with van der Waals surface area (Å²) < 4.78 is 17.5. The minimum atomic E-state index is -1.61. The monoisotopic (exact) mass is 896 g/mol. The van der Waals surface area contributed by atoms with E-state index in [1.807, 2.05) is 6.08 Å². The predicted molar refractivity (Wildman–Crippen MR) is 255 cm³/mol. The number of carbonyl (C=O) groups is 2. The molecule has 0 spiro atoms. The van der Waals surface area contributed by atoms with E-state index < -0.39 is 67.4 Å². The molecule has 0 saturated carbocycles. The topological polar surface area (TPSA) is 175 Å². The molecule has 0 aromatic rings. The fourth-order valence-electron chi connectivity index (χ4n) is 8.12. The van der Waals surface area contributed by atoms with Crippen LogP contribution < -0.4 is 5.32 Å². The lowest BCUT2D eigenvalue weighted by Gasteiger charge is -2.41. The lowest BCUT2D eigenvalue weighted by Crippen LogP contribution is -2.61. The van der Waals surface area contributed by atoms with Gasteiger partial charge in [0.05, 0.1) is 25.4 Å². The zero-order valence-electron chi connectivity index (χ0n) is 40.5. The average Bonchev–Trinajstić information content (AvgIpc) is 3.28. The van der Waals surface area contributed by atoms with Gasteiger partial charge in [-0.2, -0.15) is 0 Å². The van der Waals surface area contributed by atoms with E-state index in [2.05, 4.69) is 38.2 Å². The van der Waals surface area contributed by atoms with Gasteiger partial charge in [-0.3, -0.25) is 9.59 Å². The SMILES string of the molecule is CCCCCCCC/C=C\CCCCC(O)C(=O)NC(COC1OC(CO)C(O)C(O)C1OC(=O)CCCCCCCCCCCCC)C(O)/C=C/CCCCCCCCCCC. The first-order valence-corrected chi connectivity index (χ1v) is 26.1. The van der Waals surface area contributed by atoms with E-state index in [0.29, 0.717) is 12.8 Å². The number of carbonyl (C=O) groups excluding carboxylic acids is 2. The zero-order chi connectivity index (χ0) is 46.2. The number of esters is 1.